The maximum Gasteiger partial charge on any atom is 0.0317 e. The van der Waals surface area contributed by atoms with Crippen LogP contribution in [-0.2, 0) is 0 Å². The van der Waals surface area contributed by atoms with Gasteiger partial charge in [-0.3, -0.25) is 0 Å². The number of nitrogens with two attached hydrogens (primary N) is 1. The summed E-state index contributed by atoms with van der Waals surface area (Å²) in [6, 6.07) is 0.882. The summed E-state index contributed by atoms with van der Waals surface area (Å²) in [6.07, 6.45) is 9.80. The highest BCUT2D eigenvalue weighted by molar-refractivity contribution is 5.18. The summed E-state index contributed by atoms with van der Waals surface area (Å²) < 4.78 is 0. The molecule has 2 heteroatoms. The van der Waals surface area contributed by atoms with Crippen molar-refractivity contribution >= 4 is 0 Å². The molecule has 3 atom stereocenters. The zero-order chi connectivity index (χ0) is 7.68. The molecule has 1 aliphatic carbocycles. The number of hydrogen-bond donors (Lipinski definition) is 2. The van der Waals surface area contributed by atoms with E-state index in [-0.39, 0.29) is 0 Å². The van der Waals surface area contributed by atoms with Crippen LogP contribution in [0, 0.1) is 5.92 Å². The summed E-state index contributed by atoms with van der Waals surface area (Å²) in [5, 5.41) is 3.41. The molecule has 1 saturated heterocycles. The summed E-state index contributed by atoms with van der Waals surface area (Å²) >= 11 is 0. The van der Waals surface area contributed by atoms with Gasteiger partial charge in [0, 0.05) is 18.6 Å². The minimum atomic E-state index is 0.340. The molecule has 0 amide bonds. The van der Waals surface area contributed by atoms with Gasteiger partial charge >= 0.3 is 0 Å². The van der Waals surface area contributed by atoms with Gasteiger partial charge in [-0.15, -0.1) is 0 Å². The first kappa shape index (κ1) is 7.07. The van der Waals surface area contributed by atoms with Crippen molar-refractivity contribution in [3.05, 3.63) is 24.3 Å². The van der Waals surface area contributed by atoms with E-state index in [1.54, 1.807) is 0 Å². The van der Waals surface area contributed by atoms with Crippen LogP contribution in [-0.4, -0.2) is 18.6 Å². The lowest BCUT2D eigenvalue weighted by molar-refractivity contribution is 0.337. The van der Waals surface area contributed by atoms with E-state index in [0.717, 1.165) is 13.0 Å². The predicted molar refractivity (Wildman–Crippen MR) is 46.2 cm³/mol. The monoisotopic (exact) mass is 150 g/mol. The van der Waals surface area contributed by atoms with Crippen LogP contribution >= 0.6 is 0 Å². The molecular weight excluding hydrogens is 136 g/mol. The fourth-order valence-electron chi connectivity index (χ4n) is 1.82. The van der Waals surface area contributed by atoms with Gasteiger partial charge in [0.1, 0.15) is 0 Å². The molecule has 0 bridgehead atoms. The second-order valence-corrected chi connectivity index (χ2v) is 3.36. The van der Waals surface area contributed by atoms with E-state index in [9.17, 15) is 0 Å². The Labute approximate surface area is 67.2 Å². The van der Waals surface area contributed by atoms with Crippen molar-refractivity contribution in [1.29, 1.82) is 0 Å². The molecule has 60 valence electrons. The Kier molecular flexibility index (Phi) is 1.80. The predicted octanol–water partition coefficient (Wildman–Crippen LogP) is 0.418. The van der Waals surface area contributed by atoms with Crippen molar-refractivity contribution in [2.24, 2.45) is 11.7 Å². The molecule has 2 rings (SSSR count). The number of rotatable bonds is 0. The molecule has 0 aromatic rings. The van der Waals surface area contributed by atoms with Crippen LogP contribution in [0.3, 0.4) is 0 Å². The van der Waals surface area contributed by atoms with Gasteiger partial charge in [0.05, 0.1) is 0 Å². The third-order valence-electron chi connectivity index (χ3n) is 2.44. The van der Waals surface area contributed by atoms with Gasteiger partial charge in [-0.1, -0.05) is 24.3 Å². The SMILES string of the molecule is NC1CNC2C=CC=CC2C1. The Morgan fingerprint density at radius 3 is 3.00 bits per heavy atom. The second kappa shape index (κ2) is 2.80. The maximum absolute atomic E-state index is 5.82. The summed E-state index contributed by atoms with van der Waals surface area (Å²) in [6.45, 7) is 0.958. The fourth-order valence-corrected chi connectivity index (χ4v) is 1.82. The Morgan fingerprint density at radius 1 is 1.27 bits per heavy atom. The van der Waals surface area contributed by atoms with Crippen LogP contribution in [0.1, 0.15) is 6.42 Å². The van der Waals surface area contributed by atoms with Crippen LogP contribution in [0.4, 0.5) is 0 Å². The minimum Gasteiger partial charge on any atom is -0.327 e. The number of hydrogen-bond acceptors (Lipinski definition) is 2. The summed E-state index contributed by atoms with van der Waals surface area (Å²) in [7, 11) is 0. The molecule has 0 aromatic heterocycles. The second-order valence-electron chi connectivity index (χ2n) is 3.36. The first-order chi connectivity index (χ1) is 5.36. The molecule has 3 N–H and O–H groups in total. The largest absolute Gasteiger partial charge is 0.327 e. The molecule has 11 heavy (non-hydrogen) atoms. The van der Waals surface area contributed by atoms with Crippen molar-refractivity contribution in [3.63, 3.8) is 0 Å². The number of piperidine rings is 1. The van der Waals surface area contributed by atoms with Crippen molar-refractivity contribution in [2.75, 3.05) is 6.54 Å². The van der Waals surface area contributed by atoms with Gasteiger partial charge in [0.15, 0.2) is 0 Å². The van der Waals surface area contributed by atoms with Gasteiger partial charge in [0.2, 0.25) is 0 Å². The molecule has 0 spiro atoms. The first-order valence-corrected chi connectivity index (χ1v) is 4.20. The van der Waals surface area contributed by atoms with Crippen LogP contribution in [0.15, 0.2) is 24.3 Å². The van der Waals surface area contributed by atoms with E-state index in [2.05, 4.69) is 29.6 Å². The zero-order valence-corrected chi connectivity index (χ0v) is 6.53. The highest BCUT2D eigenvalue weighted by Gasteiger charge is 2.25. The lowest BCUT2D eigenvalue weighted by atomic mass is 9.86. The Morgan fingerprint density at radius 2 is 2.09 bits per heavy atom. The van der Waals surface area contributed by atoms with E-state index in [0.29, 0.717) is 18.0 Å². The van der Waals surface area contributed by atoms with Gasteiger partial charge in [0.25, 0.3) is 0 Å². The molecule has 1 fully saturated rings. The Hall–Kier alpha value is -0.600. The molecular formula is C9H14N2. The number of nitrogens with one attached hydrogen (secondary N) is 1. The van der Waals surface area contributed by atoms with E-state index >= 15 is 0 Å². The fraction of sp³-hybridized carbons (Fsp3) is 0.556. The van der Waals surface area contributed by atoms with E-state index in [1.807, 2.05) is 0 Å². The van der Waals surface area contributed by atoms with Crippen molar-refractivity contribution in [1.82, 2.24) is 5.32 Å². The summed E-state index contributed by atoms with van der Waals surface area (Å²) in [5.74, 6) is 0.628. The van der Waals surface area contributed by atoms with Crippen LogP contribution in [0.5, 0.6) is 0 Å². The van der Waals surface area contributed by atoms with E-state index in [4.69, 9.17) is 5.73 Å². The normalized spacial score (nSPS) is 42.1. The molecule has 2 aliphatic rings. The molecule has 0 saturated carbocycles. The van der Waals surface area contributed by atoms with Gasteiger partial charge in [-0.2, -0.15) is 0 Å². The lowest BCUT2D eigenvalue weighted by Crippen LogP contribution is -2.49. The van der Waals surface area contributed by atoms with E-state index in [1.165, 1.54) is 0 Å². The molecule has 1 aliphatic heterocycles. The quantitative estimate of drug-likeness (QED) is 0.525. The van der Waals surface area contributed by atoms with Gasteiger partial charge in [-0.05, 0) is 12.3 Å². The Balaban J connectivity index is 2.07. The average Bonchev–Trinajstić information content (AvgIpc) is 2.04. The van der Waals surface area contributed by atoms with Crippen LogP contribution in [0.2, 0.25) is 0 Å². The standard InChI is InChI=1S/C9H14N2/c10-8-5-7-3-1-2-4-9(7)11-6-8/h1-4,7-9,11H,5-6,10H2. The summed E-state index contributed by atoms with van der Waals surface area (Å²) in [5.41, 5.74) is 5.82. The third kappa shape index (κ3) is 1.37. The highest BCUT2D eigenvalue weighted by Crippen LogP contribution is 2.20. The number of allylic oxidation sites excluding steroid dienone is 2. The average molecular weight is 150 g/mol. The van der Waals surface area contributed by atoms with Crippen LogP contribution in [0.25, 0.3) is 0 Å². The lowest BCUT2D eigenvalue weighted by Gasteiger charge is -2.33. The number of fused-ring (bicyclic) bond motifs is 1. The topological polar surface area (TPSA) is 38.0 Å². The van der Waals surface area contributed by atoms with Gasteiger partial charge < -0.3 is 11.1 Å². The van der Waals surface area contributed by atoms with Crippen molar-refractivity contribution in [2.45, 2.75) is 18.5 Å². The molecule has 2 nitrogen and oxygen atoms in total. The minimum absolute atomic E-state index is 0.340. The van der Waals surface area contributed by atoms with Crippen molar-refractivity contribution < 1.29 is 0 Å². The molecule has 1 heterocycles. The third-order valence-corrected chi connectivity index (χ3v) is 2.44. The molecule has 3 unspecified atom stereocenters. The van der Waals surface area contributed by atoms with E-state index < -0.39 is 0 Å². The Bertz CT molecular complexity index is 196. The maximum atomic E-state index is 5.82. The smallest absolute Gasteiger partial charge is 0.0317 e. The zero-order valence-electron chi connectivity index (χ0n) is 6.53. The van der Waals surface area contributed by atoms with Gasteiger partial charge in [-0.25, -0.2) is 0 Å². The molecule has 0 radical (unpaired) electrons. The van der Waals surface area contributed by atoms with Crippen LogP contribution < -0.4 is 11.1 Å². The van der Waals surface area contributed by atoms with Crippen molar-refractivity contribution in [3.8, 4) is 0 Å². The molecule has 0 aromatic carbocycles. The summed E-state index contributed by atoms with van der Waals surface area (Å²) in [4.78, 5) is 0. The highest BCUT2D eigenvalue weighted by atomic mass is 15.0. The first-order valence-electron chi connectivity index (χ1n) is 4.20.